The number of fused-ring (bicyclic) bond motifs is 1. The van der Waals surface area contributed by atoms with Crippen LogP contribution < -0.4 is 5.32 Å². The number of halogens is 1. The van der Waals surface area contributed by atoms with Crippen molar-refractivity contribution in [2.75, 3.05) is 0 Å². The first-order valence-corrected chi connectivity index (χ1v) is 9.81. The predicted octanol–water partition coefficient (Wildman–Crippen LogP) is 4.17. The van der Waals surface area contributed by atoms with Crippen LogP contribution in [0.25, 0.3) is 6.08 Å². The van der Waals surface area contributed by atoms with Crippen molar-refractivity contribution < 1.29 is 14.0 Å². The fraction of sp³-hybridized carbons (Fsp3) is 0.0952. The van der Waals surface area contributed by atoms with Gasteiger partial charge in [0.05, 0.1) is 28.7 Å². The van der Waals surface area contributed by atoms with E-state index in [4.69, 9.17) is 16.0 Å². The lowest BCUT2D eigenvalue weighted by molar-refractivity contribution is -0.117. The van der Waals surface area contributed by atoms with Gasteiger partial charge in [-0.3, -0.25) is 9.59 Å². The van der Waals surface area contributed by atoms with Gasteiger partial charge in [0, 0.05) is 10.6 Å². The van der Waals surface area contributed by atoms with Crippen LogP contribution in [0, 0.1) is 0 Å². The number of carbonyl (C=O) groups is 2. The monoisotopic (exact) mass is 410 g/mol. The number of allylic oxidation sites excluding steroid dienone is 1. The maximum atomic E-state index is 12.4. The van der Waals surface area contributed by atoms with E-state index in [0.29, 0.717) is 33.5 Å². The standard InChI is InChI=1S/C21H15ClN2O3S/c22-15-4-1-3-13(9-15)10-19-21(26)24-17-11-14(6-7-18(17)28-19)20(25)23-12-16-5-2-8-27-16/h1-11,18H,12H2,(H,23,25)/b19-10+. The number of hydrogen-bond acceptors (Lipinski definition) is 4. The molecule has 1 aliphatic heterocycles. The number of furan rings is 1. The zero-order valence-corrected chi connectivity index (χ0v) is 16.2. The van der Waals surface area contributed by atoms with E-state index < -0.39 is 0 Å². The van der Waals surface area contributed by atoms with E-state index >= 15 is 0 Å². The average molecular weight is 411 g/mol. The van der Waals surface area contributed by atoms with E-state index in [-0.39, 0.29) is 17.1 Å². The van der Waals surface area contributed by atoms with E-state index in [1.54, 1.807) is 48.8 Å². The molecule has 1 unspecified atom stereocenters. The van der Waals surface area contributed by atoms with E-state index in [1.165, 1.54) is 11.8 Å². The molecule has 1 atom stereocenters. The van der Waals surface area contributed by atoms with Gasteiger partial charge < -0.3 is 9.73 Å². The molecule has 0 spiro atoms. The Morgan fingerprint density at radius 1 is 1.32 bits per heavy atom. The molecule has 2 aliphatic rings. The van der Waals surface area contributed by atoms with Crippen molar-refractivity contribution in [2.24, 2.45) is 4.99 Å². The number of benzene rings is 1. The molecule has 0 saturated heterocycles. The molecule has 0 saturated carbocycles. The highest BCUT2D eigenvalue weighted by Crippen LogP contribution is 2.34. The second-order valence-corrected chi connectivity index (χ2v) is 7.78. The summed E-state index contributed by atoms with van der Waals surface area (Å²) in [5, 5.41) is 3.29. The lowest BCUT2D eigenvalue weighted by atomic mass is 10.0. The molecule has 1 N–H and O–H groups in total. The van der Waals surface area contributed by atoms with Gasteiger partial charge in [-0.2, -0.15) is 0 Å². The van der Waals surface area contributed by atoms with E-state index in [1.807, 2.05) is 18.2 Å². The lowest BCUT2D eigenvalue weighted by Crippen LogP contribution is -2.29. The summed E-state index contributed by atoms with van der Waals surface area (Å²) in [5.41, 5.74) is 1.87. The van der Waals surface area contributed by atoms with E-state index in [9.17, 15) is 9.59 Å². The zero-order chi connectivity index (χ0) is 19.5. The molecule has 1 aromatic carbocycles. The Morgan fingerprint density at radius 2 is 2.21 bits per heavy atom. The second kappa shape index (κ2) is 8.04. The van der Waals surface area contributed by atoms with Gasteiger partial charge in [-0.15, -0.1) is 11.8 Å². The SMILES string of the molecule is O=C(NCc1ccco1)C1=CC2=NC(=O)/C(=C\c3cccc(Cl)c3)SC2C=C1. The molecule has 5 nitrogen and oxygen atoms in total. The Balaban J connectivity index is 1.49. The number of hydrogen-bond donors (Lipinski definition) is 1. The molecule has 0 radical (unpaired) electrons. The molecule has 140 valence electrons. The molecule has 7 heteroatoms. The van der Waals surface area contributed by atoms with Crippen molar-refractivity contribution in [3.63, 3.8) is 0 Å². The minimum atomic E-state index is -0.321. The second-order valence-electron chi connectivity index (χ2n) is 6.16. The van der Waals surface area contributed by atoms with Crippen LogP contribution in [0.15, 0.2) is 80.8 Å². The van der Waals surface area contributed by atoms with Crippen LogP contribution in [0.5, 0.6) is 0 Å². The van der Waals surface area contributed by atoms with Gasteiger partial charge in [-0.25, -0.2) is 4.99 Å². The summed E-state index contributed by atoms with van der Waals surface area (Å²) in [6, 6.07) is 10.8. The number of carbonyl (C=O) groups excluding carboxylic acids is 2. The smallest absolute Gasteiger partial charge is 0.283 e. The molecular formula is C21H15ClN2O3S. The van der Waals surface area contributed by atoms with Gasteiger partial charge in [-0.05, 0) is 42.0 Å². The molecular weight excluding hydrogens is 396 g/mol. The van der Waals surface area contributed by atoms with Crippen LogP contribution in [0.2, 0.25) is 5.02 Å². The summed E-state index contributed by atoms with van der Waals surface area (Å²) < 4.78 is 5.20. The maximum absolute atomic E-state index is 12.4. The van der Waals surface area contributed by atoms with Crippen LogP contribution in [0.3, 0.4) is 0 Å². The van der Waals surface area contributed by atoms with Gasteiger partial charge in [0.2, 0.25) is 0 Å². The fourth-order valence-corrected chi connectivity index (χ4v) is 4.02. The van der Waals surface area contributed by atoms with Crippen LogP contribution in [-0.4, -0.2) is 22.8 Å². The molecule has 2 heterocycles. The Hall–Kier alpha value is -2.83. The topological polar surface area (TPSA) is 71.7 Å². The largest absolute Gasteiger partial charge is 0.467 e. The summed E-state index contributed by atoms with van der Waals surface area (Å²) in [6.07, 6.45) is 8.62. The van der Waals surface area contributed by atoms with Gasteiger partial charge in [0.1, 0.15) is 5.76 Å². The first-order valence-electron chi connectivity index (χ1n) is 8.56. The van der Waals surface area contributed by atoms with Gasteiger partial charge in [-0.1, -0.05) is 35.9 Å². The van der Waals surface area contributed by atoms with Crippen molar-refractivity contribution in [1.82, 2.24) is 5.32 Å². The summed E-state index contributed by atoms with van der Waals surface area (Å²) in [7, 11) is 0. The Bertz CT molecular complexity index is 1050. The van der Waals surface area contributed by atoms with Gasteiger partial charge >= 0.3 is 0 Å². The summed E-state index contributed by atoms with van der Waals surface area (Å²) >= 11 is 7.41. The van der Waals surface area contributed by atoms with Crippen LogP contribution in [0.4, 0.5) is 0 Å². The molecule has 1 aromatic heterocycles. The number of aliphatic imine (C=N–C) groups is 1. The fourth-order valence-electron chi connectivity index (χ4n) is 2.80. The molecule has 1 aliphatic carbocycles. The van der Waals surface area contributed by atoms with E-state index in [2.05, 4.69) is 10.3 Å². The third kappa shape index (κ3) is 4.18. The van der Waals surface area contributed by atoms with Gasteiger partial charge in [0.25, 0.3) is 11.8 Å². The molecule has 2 aromatic rings. The van der Waals surface area contributed by atoms with Gasteiger partial charge in [0.15, 0.2) is 0 Å². The Kier molecular flexibility index (Phi) is 5.32. The zero-order valence-electron chi connectivity index (χ0n) is 14.6. The molecule has 4 rings (SSSR count). The maximum Gasteiger partial charge on any atom is 0.283 e. The summed E-state index contributed by atoms with van der Waals surface area (Å²) in [5.74, 6) is 0.104. The Morgan fingerprint density at radius 3 is 3.00 bits per heavy atom. The first-order chi connectivity index (χ1) is 13.6. The predicted molar refractivity (Wildman–Crippen MR) is 111 cm³/mol. The number of amides is 2. The van der Waals surface area contributed by atoms with Crippen molar-refractivity contribution in [2.45, 2.75) is 11.8 Å². The highest BCUT2D eigenvalue weighted by molar-refractivity contribution is 8.05. The number of nitrogens with zero attached hydrogens (tertiary/aromatic N) is 1. The summed E-state index contributed by atoms with van der Waals surface area (Å²) in [6.45, 7) is 0.299. The highest BCUT2D eigenvalue weighted by Gasteiger charge is 2.28. The summed E-state index contributed by atoms with van der Waals surface area (Å²) in [4.78, 5) is 29.5. The molecule has 0 bridgehead atoms. The Labute approximate surface area is 170 Å². The average Bonchev–Trinajstić information content (AvgIpc) is 3.20. The number of nitrogens with one attached hydrogen (secondary N) is 1. The normalized spacial score (nSPS) is 19.8. The van der Waals surface area contributed by atoms with Crippen LogP contribution >= 0.6 is 23.4 Å². The molecule has 28 heavy (non-hydrogen) atoms. The number of thioether (sulfide) groups is 1. The van der Waals surface area contributed by atoms with Crippen molar-refractivity contribution in [3.8, 4) is 0 Å². The van der Waals surface area contributed by atoms with Crippen molar-refractivity contribution >= 4 is 47.0 Å². The van der Waals surface area contributed by atoms with Crippen molar-refractivity contribution in [1.29, 1.82) is 0 Å². The minimum absolute atomic E-state index is 0.107. The van der Waals surface area contributed by atoms with E-state index in [0.717, 1.165) is 5.56 Å². The van der Waals surface area contributed by atoms with Crippen LogP contribution in [0.1, 0.15) is 11.3 Å². The molecule has 2 amide bonds. The lowest BCUT2D eigenvalue weighted by Gasteiger charge is -2.22. The van der Waals surface area contributed by atoms with Crippen LogP contribution in [-0.2, 0) is 16.1 Å². The number of rotatable bonds is 4. The minimum Gasteiger partial charge on any atom is -0.467 e. The third-order valence-electron chi connectivity index (χ3n) is 4.15. The van der Waals surface area contributed by atoms with Crippen molar-refractivity contribution in [3.05, 3.63) is 87.7 Å². The molecule has 0 fully saturated rings. The first kappa shape index (κ1) is 18.5. The highest BCUT2D eigenvalue weighted by atomic mass is 35.5. The quantitative estimate of drug-likeness (QED) is 0.768. The third-order valence-corrected chi connectivity index (χ3v) is 5.59.